The zero-order valence-corrected chi connectivity index (χ0v) is 8.77. The summed E-state index contributed by atoms with van der Waals surface area (Å²) in [5.74, 6) is 0. The highest BCUT2D eigenvalue weighted by Gasteiger charge is 2.18. The molecule has 14 heavy (non-hydrogen) atoms. The van der Waals surface area contributed by atoms with Gasteiger partial charge in [-0.15, -0.1) is 0 Å². The van der Waals surface area contributed by atoms with Gasteiger partial charge in [-0.3, -0.25) is 4.98 Å². The molecule has 0 spiro atoms. The summed E-state index contributed by atoms with van der Waals surface area (Å²) in [5.41, 5.74) is 1.20. The fraction of sp³-hybridized carbons (Fsp3) is 0. The van der Waals surface area contributed by atoms with Gasteiger partial charge in [0.1, 0.15) is 0 Å². The molecule has 0 saturated heterocycles. The average molecular weight is 252 g/mol. The fourth-order valence-electron chi connectivity index (χ4n) is 1.41. The summed E-state index contributed by atoms with van der Waals surface area (Å²) in [5, 5.41) is 19.1. The molecule has 1 aromatic heterocycles. The number of nitrogens with zero attached hydrogens (tertiary/aromatic N) is 1. The highest BCUT2D eigenvalue weighted by Crippen LogP contribution is 2.15. The number of aromatic nitrogens is 1. The molecule has 0 fully saturated rings. The summed E-state index contributed by atoms with van der Waals surface area (Å²) in [6, 6.07) is 7.15. The van der Waals surface area contributed by atoms with E-state index in [1.54, 1.807) is 18.3 Å². The Morgan fingerprint density at radius 2 is 2.00 bits per heavy atom. The second kappa shape index (κ2) is 3.69. The minimum absolute atomic E-state index is 0.454. The van der Waals surface area contributed by atoms with Crippen molar-refractivity contribution in [3.05, 3.63) is 34.9 Å². The lowest BCUT2D eigenvalue weighted by Gasteiger charge is -2.06. The van der Waals surface area contributed by atoms with Crippen LogP contribution in [0, 0.1) is 0 Å². The first-order chi connectivity index (χ1) is 6.70. The van der Waals surface area contributed by atoms with Gasteiger partial charge in [0.25, 0.3) is 0 Å². The lowest BCUT2D eigenvalue weighted by atomic mass is 9.78. The van der Waals surface area contributed by atoms with Gasteiger partial charge in [0.15, 0.2) is 0 Å². The molecule has 1 heterocycles. The van der Waals surface area contributed by atoms with Crippen LogP contribution < -0.4 is 5.46 Å². The minimum atomic E-state index is -1.49. The average Bonchev–Trinajstić information content (AvgIpc) is 2.17. The largest absolute Gasteiger partial charge is 0.490 e. The summed E-state index contributed by atoms with van der Waals surface area (Å²) in [4.78, 5) is 4.12. The zero-order chi connectivity index (χ0) is 10.1. The third-order valence-electron chi connectivity index (χ3n) is 2.03. The number of rotatable bonds is 1. The van der Waals surface area contributed by atoms with Crippen LogP contribution in [-0.4, -0.2) is 22.2 Å². The van der Waals surface area contributed by atoms with E-state index in [1.165, 1.54) is 0 Å². The smallest absolute Gasteiger partial charge is 0.423 e. The quantitative estimate of drug-likeness (QED) is 0.733. The predicted octanol–water partition coefficient (Wildman–Crippen LogP) is 0.677. The second-order valence-corrected chi connectivity index (χ2v) is 3.76. The second-order valence-electron chi connectivity index (χ2n) is 2.90. The monoisotopic (exact) mass is 251 g/mol. The Morgan fingerprint density at radius 1 is 1.21 bits per heavy atom. The lowest BCUT2D eigenvalue weighted by molar-refractivity contribution is 0.426. The molecule has 0 aliphatic heterocycles. The molecule has 0 aliphatic carbocycles. The molecule has 70 valence electrons. The number of fused-ring (bicyclic) bond motifs is 1. The van der Waals surface area contributed by atoms with Crippen molar-refractivity contribution in [3.63, 3.8) is 0 Å². The summed E-state index contributed by atoms with van der Waals surface area (Å²) >= 11 is 3.27. The molecule has 0 atom stereocenters. The SMILES string of the molecule is OB(O)c1c(Br)ccc2ncccc12. The first-order valence-electron chi connectivity index (χ1n) is 4.09. The number of pyridine rings is 1. The van der Waals surface area contributed by atoms with Crippen molar-refractivity contribution in [2.45, 2.75) is 0 Å². The van der Waals surface area contributed by atoms with Crippen LogP contribution >= 0.6 is 15.9 Å². The number of halogens is 1. The van der Waals surface area contributed by atoms with Gasteiger partial charge in [0.05, 0.1) is 5.52 Å². The molecular formula is C9H7BBrNO2. The molecule has 2 N–H and O–H groups in total. The van der Waals surface area contributed by atoms with E-state index in [2.05, 4.69) is 20.9 Å². The molecule has 2 aromatic rings. The highest BCUT2D eigenvalue weighted by molar-refractivity contribution is 9.10. The van der Waals surface area contributed by atoms with Gasteiger partial charge in [-0.25, -0.2) is 0 Å². The third-order valence-corrected chi connectivity index (χ3v) is 2.72. The Balaban J connectivity index is 2.83. The van der Waals surface area contributed by atoms with Crippen molar-refractivity contribution in [2.24, 2.45) is 0 Å². The Hall–Kier alpha value is -0.905. The van der Waals surface area contributed by atoms with Gasteiger partial charge in [-0.05, 0) is 18.2 Å². The van der Waals surface area contributed by atoms with Crippen LogP contribution in [-0.2, 0) is 0 Å². The Morgan fingerprint density at radius 3 is 2.71 bits per heavy atom. The maximum atomic E-state index is 9.20. The van der Waals surface area contributed by atoms with Gasteiger partial charge >= 0.3 is 7.12 Å². The summed E-state index contributed by atoms with van der Waals surface area (Å²) in [7, 11) is -1.49. The van der Waals surface area contributed by atoms with E-state index in [0.29, 0.717) is 9.94 Å². The van der Waals surface area contributed by atoms with E-state index >= 15 is 0 Å². The van der Waals surface area contributed by atoms with E-state index in [1.807, 2.05) is 12.1 Å². The molecule has 0 unspecified atom stereocenters. The molecule has 0 saturated carbocycles. The minimum Gasteiger partial charge on any atom is -0.423 e. The third kappa shape index (κ3) is 1.54. The maximum Gasteiger partial charge on any atom is 0.490 e. The van der Waals surface area contributed by atoms with E-state index in [-0.39, 0.29) is 0 Å². The van der Waals surface area contributed by atoms with Crippen LogP contribution in [0.5, 0.6) is 0 Å². The van der Waals surface area contributed by atoms with Crippen LogP contribution in [0.4, 0.5) is 0 Å². The van der Waals surface area contributed by atoms with Crippen molar-refractivity contribution >= 4 is 39.4 Å². The van der Waals surface area contributed by atoms with Crippen molar-refractivity contribution in [3.8, 4) is 0 Å². The predicted molar refractivity (Wildman–Crippen MR) is 59.3 cm³/mol. The molecule has 5 heteroatoms. The van der Waals surface area contributed by atoms with Gasteiger partial charge in [-0.1, -0.05) is 22.0 Å². The normalized spacial score (nSPS) is 10.5. The maximum absolute atomic E-state index is 9.20. The van der Waals surface area contributed by atoms with E-state index in [4.69, 9.17) is 0 Å². The molecule has 2 rings (SSSR count). The summed E-state index contributed by atoms with van der Waals surface area (Å²) in [6.45, 7) is 0. The highest BCUT2D eigenvalue weighted by atomic mass is 79.9. The molecule has 1 aromatic carbocycles. The molecule has 0 aliphatic rings. The van der Waals surface area contributed by atoms with Crippen LogP contribution in [0.2, 0.25) is 0 Å². The fourth-order valence-corrected chi connectivity index (χ4v) is 1.96. The number of hydrogen-bond donors (Lipinski definition) is 2. The molecule has 3 nitrogen and oxygen atoms in total. The molecular weight excluding hydrogens is 245 g/mol. The molecule has 0 radical (unpaired) electrons. The van der Waals surface area contributed by atoms with E-state index in [9.17, 15) is 10.0 Å². The Labute approximate surface area is 89.7 Å². The summed E-state index contributed by atoms with van der Waals surface area (Å²) in [6.07, 6.45) is 1.67. The number of benzene rings is 1. The van der Waals surface area contributed by atoms with Crippen molar-refractivity contribution < 1.29 is 10.0 Å². The van der Waals surface area contributed by atoms with Crippen molar-refractivity contribution in [1.29, 1.82) is 0 Å². The van der Waals surface area contributed by atoms with Gasteiger partial charge < -0.3 is 10.0 Å². The van der Waals surface area contributed by atoms with Crippen LogP contribution in [0.3, 0.4) is 0 Å². The lowest BCUT2D eigenvalue weighted by Crippen LogP contribution is -2.31. The van der Waals surface area contributed by atoms with E-state index < -0.39 is 7.12 Å². The van der Waals surface area contributed by atoms with Gasteiger partial charge in [0.2, 0.25) is 0 Å². The van der Waals surface area contributed by atoms with E-state index in [0.717, 1.165) is 10.9 Å². The number of hydrogen-bond acceptors (Lipinski definition) is 3. The topological polar surface area (TPSA) is 53.4 Å². The first-order valence-corrected chi connectivity index (χ1v) is 4.88. The molecule has 0 amide bonds. The summed E-state index contributed by atoms with van der Waals surface area (Å²) < 4.78 is 0.674. The van der Waals surface area contributed by atoms with Crippen molar-refractivity contribution in [2.75, 3.05) is 0 Å². The van der Waals surface area contributed by atoms with Gasteiger partial charge in [0, 0.05) is 21.5 Å². The van der Waals surface area contributed by atoms with Crippen LogP contribution in [0.25, 0.3) is 10.9 Å². The first kappa shape index (κ1) is 9.64. The Bertz CT molecular complexity index is 475. The Kier molecular flexibility index (Phi) is 2.54. The van der Waals surface area contributed by atoms with Crippen molar-refractivity contribution in [1.82, 2.24) is 4.98 Å². The molecule has 0 bridgehead atoms. The van der Waals surface area contributed by atoms with Gasteiger partial charge in [-0.2, -0.15) is 0 Å². The van der Waals surface area contributed by atoms with Crippen LogP contribution in [0.1, 0.15) is 0 Å². The standard InChI is InChI=1S/C9H7BBrNO2/c11-7-3-4-8-6(2-1-5-12-8)9(7)10(13)14/h1-5,13-14H. The zero-order valence-electron chi connectivity index (χ0n) is 7.18. The van der Waals surface area contributed by atoms with Crippen LogP contribution in [0.15, 0.2) is 34.9 Å².